The predicted molar refractivity (Wildman–Crippen MR) is 142 cm³/mol. The Balaban J connectivity index is 1.52. The largest absolute Gasteiger partial charge is 0.493 e. The first kappa shape index (κ1) is 26.3. The number of methoxy groups -OCH3 is 1. The minimum atomic E-state index is 0.154. The number of fused-ring (bicyclic) bond motifs is 1. The number of hydrogen-bond acceptors (Lipinski definition) is 4. The van der Waals surface area contributed by atoms with Crippen molar-refractivity contribution in [3.63, 3.8) is 0 Å². The first-order valence-corrected chi connectivity index (χ1v) is 12.8. The Kier molecular flexibility index (Phi) is 10.7. The van der Waals surface area contributed by atoms with Gasteiger partial charge in [-0.05, 0) is 61.9 Å². The van der Waals surface area contributed by atoms with Crippen LogP contribution in [-0.4, -0.2) is 35.7 Å². The van der Waals surface area contributed by atoms with E-state index in [1.165, 1.54) is 5.52 Å². The van der Waals surface area contributed by atoms with Gasteiger partial charge >= 0.3 is 0 Å². The second kappa shape index (κ2) is 14.2. The van der Waals surface area contributed by atoms with E-state index in [0.717, 1.165) is 86.4 Å². The van der Waals surface area contributed by atoms with E-state index in [9.17, 15) is 4.79 Å². The third kappa shape index (κ3) is 7.88. The fourth-order valence-corrected chi connectivity index (χ4v) is 4.22. The zero-order chi connectivity index (χ0) is 24.9. The van der Waals surface area contributed by atoms with Crippen LogP contribution >= 0.6 is 0 Å². The Bertz CT molecular complexity index is 1090. The molecule has 188 valence electrons. The van der Waals surface area contributed by atoms with Crippen molar-refractivity contribution in [3.8, 4) is 11.5 Å². The van der Waals surface area contributed by atoms with Crippen LogP contribution in [0, 0.1) is 0 Å². The second-order valence-corrected chi connectivity index (χ2v) is 8.76. The highest BCUT2D eigenvalue weighted by Crippen LogP contribution is 2.28. The van der Waals surface area contributed by atoms with Crippen molar-refractivity contribution >= 4 is 16.9 Å². The molecule has 0 saturated carbocycles. The summed E-state index contributed by atoms with van der Waals surface area (Å²) in [7, 11) is 1.67. The molecule has 0 aliphatic heterocycles. The Morgan fingerprint density at radius 1 is 1.11 bits per heavy atom. The zero-order valence-corrected chi connectivity index (χ0v) is 21.2. The third-order valence-electron chi connectivity index (χ3n) is 6.00. The Labute approximate surface area is 209 Å². The normalized spacial score (nSPS) is 10.9. The van der Waals surface area contributed by atoms with Crippen LogP contribution in [0.4, 0.5) is 0 Å². The van der Waals surface area contributed by atoms with Gasteiger partial charge < -0.3 is 19.4 Å². The highest BCUT2D eigenvalue weighted by atomic mass is 16.5. The standard InChI is InChI=1S/C29H39N3O3/c1-4-12-23-17-18-26(27(22-23)34-3)35-21-11-20-32-25-15-9-8-14-24(25)31-28(32)16-7-6-10-19-30-29(33)13-5-2/h4,8-9,14-15,17-18,22H,1,5-7,10-13,16,19-21H2,2-3H3,(H,30,33). The van der Waals surface area contributed by atoms with Crippen LogP contribution < -0.4 is 14.8 Å². The number of hydrogen-bond donors (Lipinski definition) is 1. The average Bonchev–Trinajstić information content (AvgIpc) is 3.22. The summed E-state index contributed by atoms with van der Waals surface area (Å²) in [6.45, 7) is 8.02. The molecule has 0 fully saturated rings. The molecule has 0 aliphatic rings. The lowest BCUT2D eigenvalue weighted by atomic mass is 10.1. The van der Waals surface area contributed by atoms with Gasteiger partial charge in [0.1, 0.15) is 5.82 Å². The van der Waals surface area contributed by atoms with Gasteiger partial charge in [-0.2, -0.15) is 0 Å². The van der Waals surface area contributed by atoms with Crippen molar-refractivity contribution in [3.05, 3.63) is 66.5 Å². The van der Waals surface area contributed by atoms with Crippen LogP contribution in [0.2, 0.25) is 0 Å². The summed E-state index contributed by atoms with van der Waals surface area (Å²) in [5, 5.41) is 2.99. The molecule has 0 bridgehead atoms. The molecular formula is C29H39N3O3. The molecule has 3 rings (SSSR count). The maximum absolute atomic E-state index is 11.6. The number of aromatic nitrogens is 2. The van der Waals surface area contributed by atoms with Crippen LogP contribution in [0.15, 0.2) is 55.1 Å². The molecule has 0 aliphatic carbocycles. The summed E-state index contributed by atoms with van der Waals surface area (Å²) in [5.41, 5.74) is 3.36. The van der Waals surface area contributed by atoms with E-state index < -0.39 is 0 Å². The molecule has 1 heterocycles. The molecule has 0 unspecified atom stereocenters. The van der Waals surface area contributed by atoms with E-state index in [4.69, 9.17) is 14.5 Å². The highest BCUT2D eigenvalue weighted by Gasteiger charge is 2.11. The minimum absolute atomic E-state index is 0.154. The quantitative estimate of drug-likeness (QED) is 0.207. The zero-order valence-electron chi connectivity index (χ0n) is 21.2. The molecule has 35 heavy (non-hydrogen) atoms. The fourth-order valence-electron chi connectivity index (χ4n) is 4.22. The van der Waals surface area contributed by atoms with Gasteiger partial charge in [-0.3, -0.25) is 4.79 Å². The number of para-hydroxylation sites is 2. The molecule has 1 N–H and O–H groups in total. The number of ether oxygens (including phenoxy) is 2. The number of unbranched alkanes of at least 4 members (excludes halogenated alkanes) is 2. The number of imidazole rings is 1. The lowest BCUT2D eigenvalue weighted by Crippen LogP contribution is -2.23. The smallest absolute Gasteiger partial charge is 0.219 e. The fraction of sp³-hybridized carbons (Fsp3) is 0.448. The number of amides is 1. The first-order valence-electron chi connectivity index (χ1n) is 12.8. The Morgan fingerprint density at radius 3 is 2.77 bits per heavy atom. The van der Waals surface area contributed by atoms with Crippen LogP contribution in [0.5, 0.6) is 11.5 Å². The van der Waals surface area contributed by atoms with Crippen LogP contribution in [0.3, 0.4) is 0 Å². The monoisotopic (exact) mass is 477 g/mol. The predicted octanol–water partition coefficient (Wildman–Crippen LogP) is 5.87. The van der Waals surface area contributed by atoms with Crippen LogP contribution in [-0.2, 0) is 24.2 Å². The number of rotatable bonds is 16. The third-order valence-corrected chi connectivity index (χ3v) is 6.00. The van der Waals surface area contributed by atoms with Crippen LogP contribution in [0.1, 0.15) is 56.8 Å². The van der Waals surface area contributed by atoms with Gasteiger partial charge in [-0.25, -0.2) is 4.98 Å². The Morgan fingerprint density at radius 2 is 1.97 bits per heavy atom. The molecule has 0 radical (unpaired) electrons. The molecular weight excluding hydrogens is 438 g/mol. The lowest BCUT2D eigenvalue weighted by Gasteiger charge is -2.13. The molecule has 6 heteroatoms. The van der Waals surface area contributed by atoms with Gasteiger partial charge in [0.15, 0.2) is 11.5 Å². The number of aryl methyl sites for hydroxylation is 2. The van der Waals surface area contributed by atoms with Gasteiger partial charge in [-0.1, -0.05) is 37.6 Å². The SMILES string of the molecule is C=CCc1ccc(OCCCn2c(CCCCCNC(=O)CCC)nc3ccccc32)c(OC)c1. The summed E-state index contributed by atoms with van der Waals surface area (Å²) >= 11 is 0. The summed E-state index contributed by atoms with van der Waals surface area (Å²) in [6, 6.07) is 14.3. The van der Waals surface area contributed by atoms with Gasteiger partial charge in [0.05, 0.1) is 24.8 Å². The van der Waals surface area contributed by atoms with E-state index in [1.54, 1.807) is 7.11 Å². The molecule has 0 spiro atoms. The van der Waals surface area contributed by atoms with Crippen molar-refractivity contribution < 1.29 is 14.3 Å². The topological polar surface area (TPSA) is 65.4 Å². The van der Waals surface area contributed by atoms with Gasteiger partial charge in [0.25, 0.3) is 0 Å². The Hall–Kier alpha value is -3.28. The van der Waals surface area contributed by atoms with E-state index >= 15 is 0 Å². The summed E-state index contributed by atoms with van der Waals surface area (Å²) in [6.07, 6.45) is 9.11. The van der Waals surface area contributed by atoms with Crippen molar-refractivity contribution in [2.24, 2.45) is 0 Å². The van der Waals surface area contributed by atoms with E-state index in [-0.39, 0.29) is 5.91 Å². The van der Waals surface area contributed by atoms with E-state index in [0.29, 0.717) is 13.0 Å². The van der Waals surface area contributed by atoms with Crippen molar-refractivity contribution in [2.45, 2.75) is 64.8 Å². The van der Waals surface area contributed by atoms with Crippen molar-refractivity contribution in [1.29, 1.82) is 0 Å². The maximum Gasteiger partial charge on any atom is 0.219 e. The van der Waals surface area contributed by atoms with Gasteiger partial charge in [-0.15, -0.1) is 6.58 Å². The number of nitrogens with zero attached hydrogens (tertiary/aromatic N) is 2. The van der Waals surface area contributed by atoms with E-state index in [1.807, 2.05) is 31.2 Å². The average molecular weight is 478 g/mol. The van der Waals surface area contributed by atoms with Crippen LogP contribution in [0.25, 0.3) is 11.0 Å². The number of carbonyl (C=O) groups is 1. The summed E-state index contributed by atoms with van der Waals surface area (Å²) in [5.74, 6) is 2.79. The van der Waals surface area contributed by atoms with Gasteiger partial charge in [0.2, 0.25) is 5.91 Å². The summed E-state index contributed by atoms with van der Waals surface area (Å²) in [4.78, 5) is 16.5. The minimum Gasteiger partial charge on any atom is -0.493 e. The molecule has 2 aromatic carbocycles. The molecule has 1 amide bonds. The summed E-state index contributed by atoms with van der Waals surface area (Å²) < 4.78 is 13.9. The molecule has 0 saturated heterocycles. The maximum atomic E-state index is 11.6. The number of nitrogens with one attached hydrogen (secondary N) is 1. The molecule has 3 aromatic rings. The molecule has 6 nitrogen and oxygen atoms in total. The number of allylic oxidation sites excluding steroid dienone is 1. The highest BCUT2D eigenvalue weighted by molar-refractivity contribution is 5.76. The molecule has 1 aromatic heterocycles. The lowest BCUT2D eigenvalue weighted by molar-refractivity contribution is -0.121. The van der Waals surface area contributed by atoms with E-state index in [2.05, 4.69) is 40.7 Å². The molecule has 0 atom stereocenters. The van der Waals surface area contributed by atoms with Gasteiger partial charge in [0, 0.05) is 25.9 Å². The number of benzene rings is 2. The van der Waals surface area contributed by atoms with Crippen molar-refractivity contribution in [1.82, 2.24) is 14.9 Å². The number of carbonyl (C=O) groups excluding carboxylic acids is 1. The second-order valence-electron chi connectivity index (χ2n) is 8.76. The van der Waals surface area contributed by atoms with Crippen molar-refractivity contribution in [2.75, 3.05) is 20.3 Å². The first-order chi connectivity index (χ1) is 17.2.